The van der Waals surface area contributed by atoms with Crippen molar-refractivity contribution in [1.82, 2.24) is 14.2 Å². The molecule has 0 aliphatic carbocycles. The van der Waals surface area contributed by atoms with Crippen LogP contribution >= 0.6 is 0 Å². The second-order valence-electron chi connectivity index (χ2n) is 6.32. The van der Waals surface area contributed by atoms with E-state index >= 15 is 0 Å². The molecule has 1 N–H and O–H groups in total. The van der Waals surface area contributed by atoms with Gasteiger partial charge in [-0.15, -0.1) is 0 Å². The normalized spacial score (nSPS) is 24.6. The molecule has 2 rings (SSSR count). The third-order valence-electron chi connectivity index (χ3n) is 4.42. The zero-order chi connectivity index (χ0) is 15.6. The molecule has 0 bridgehead atoms. The van der Waals surface area contributed by atoms with Gasteiger partial charge in [0.25, 0.3) is 0 Å². The monoisotopic (exact) mass is 313 g/mol. The molecular weight excluding hydrogens is 286 g/mol. The van der Waals surface area contributed by atoms with Crippen LogP contribution in [0.25, 0.3) is 0 Å². The minimum atomic E-state index is -3.12. The van der Waals surface area contributed by atoms with Gasteiger partial charge in [-0.1, -0.05) is 6.92 Å². The predicted molar refractivity (Wildman–Crippen MR) is 85.5 cm³/mol. The lowest BCUT2D eigenvalue weighted by molar-refractivity contribution is 0.217. The molecule has 2 atom stereocenters. The molecule has 21 heavy (non-hydrogen) atoms. The summed E-state index contributed by atoms with van der Waals surface area (Å²) in [7, 11) is -1.08. The highest BCUT2D eigenvalue weighted by molar-refractivity contribution is 7.89. The van der Waals surface area contributed by atoms with Crippen LogP contribution in [0.15, 0.2) is 18.3 Å². The van der Waals surface area contributed by atoms with Crippen molar-refractivity contribution in [3.05, 3.63) is 24.0 Å². The lowest BCUT2D eigenvalue weighted by Gasteiger charge is -2.37. The van der Waals surface area contributed by atoms with E-state index in [1.807, 2.05) is 19.3 Å². The molecular formula is C15H27N3O2S. The molecule has 0 amide bonds. The highest BCUT2D eigenvalue weighted by atomic mass is 32.2. The first kappa shape index (κ1) is 16.5. The highest BCUT2D eigenvalue weighted by Gasteiger charge is 2.33. The fourth-order valence-electron chi connectivity index (χ4n) is 2.86. The van der Waals surface area contributed by atoms with Crippen molar-refractivity contribution in [2.75, 3.05) is 13.1 Å². The van der Waals surface area contributed by atoms with Gasteiger partial charge in [-0.2, -0.15) is 0 Å². The second-order valence-corrected chi connectivity index (χ2v) is 8.80. The van der Waals surface area contributed by atoms with Crippen molar-refractivity contribution in [3.8, 4) is 0 Å². The zero-order valence-electron chi connectivity index (χ0n) is 13.4. The molecule has 0 aromatic carbocycles. The Balaban J connectivity index is 1.91. The average Bonchev–Trinajstić information content (AvgIpc) is 2.82. The number of rotatable bonds is 5. The summed E-state index contributed by atoms with van der Waals surface area (Å²) in [6, 6.07) is 4.52. The van der Waals surface area contributed by atoms with Crippen molar-refractivity contribution < 1.29 is 8.42 Å². The van der Waals surface area contributed by atoms with Crippen molar-refractivity contribution in [2.45, 2.75) is 45.0 Å². The van der Waals surface area contributed by atoms with E-state index in [2.05, 4.69) is 22.9 Å². The SMILES string of the molecule is CC(C)S(=O)(=O)N1CC[C@H](NCc2cccn2C)[C@H](C)C1. The fraction of sp³-hybridized carbons (Fsp3) is 0.733. The number of aryl methyl sites for hydroxylation is 1. The van der Waals surface area contributed by atoms with E-state index in [1.54, 1.807) is 18.2 Å². The average molecular weight is 313 g/mol. The molecule has 120 valence electrons. The first-order chi connectivity index (χ1) is 9.82. The minimum absolute atomic E-state index is 0.326. The van der Waals surface area contributed by atoms with Crippen LogP contribution in [-0.2, 0) is 23.6 Å². The van der Waals surface area contributed by atoms with Gasteiger partial charge in [-0.3, -0.25) is 0 Å². The Bertz CT molecular complexity index is 565. The van der Waals surface area contributed by atoms with Gasteiger partial charge >= 0.3 is 0 Å². The molecule has 1 saturated heterocycles. The van der Waals surface area contributed by atoms with Crippen LogP contribution in [0.2, 0.25) is 0 Å². The number of piperidine rings is 1. The first-order valence-corrected chi connectivity index (χ1v) is 9.15. The van der Waals surface area contributed by atoms with Crippen molar-refractivity contribution >= 4 is 10.0 Å². The maximum atomic E-state index is 12.2. The van der Waals surface area contributed by atoms with E-state index in [1.165, 1.54) is 5.69 Å². The maximum absolute atomic E-state index is 12.2. The Morgan fingerprint density at radius 3 is 2.67 bits per heavy atom. The van der Waals surface area contributed by atoms with Crippen LogP contribution < -0.4 is 5.32 Å². The number of sulfonamides is 1. The first-order valence-electron chi connectivity index (χ1n) is 7.65. The number of nitrogens with zero attached hydrogens (tertiary/aromatic N) is 2. The summed E-state index contributed by atoms with van der Waals surface area (Å²) in [5.74, 6) is 0.326. The Morgan fingerprint density at radius 1 is 1.43 bits per heavy atom. The Kier molecular flexibility index (Phi) is 5.11. The lowest BCUT2D eigenvalue weighted by Crippen LogP contribution is -2.51. The number of hydrogen-bond donors (Lipinski definition) is 1. The quantitative estimate of drug-likeness (QED) is 0.897. The topological polar surface area (TPSA) is 54.3 Å². The molecule has 0 spiro atoms. The van der Waals surface area contributed by atoms with Gasteiger partial charge in [0.1, 0.15) is 0 Å². The number of hydrogen-bond acceptors (Lipinski definition) is 3. The Hall–Kier alpha value is -0.850. The van der Waals surface area contributed by atoms with Gasteiger partial charge in [-0.25, -0.2) is 12.7 Å². The molecule has 1 aromatic rings. The van der Waals surface area contributed by atoms with Gasteiger partial charge < -0.3 is 9.88 Å². The van der Waals surface area contributed by atoms with E-state index in [0.717, 1.165) is 13.0 Å². The summed E-state index contributed by atoms with van der Waals surface area (Å²) in [6.07, 6.45) is 2.91. The summed E-state index contributed by atoms with van der Waals surface area (Å²) < 4.78 is 28.2. The molecule has 0 unspecified atom stereocenters. The van der Waals surface area contributed by atoms with E-state index in [-0.39, 0.29) is 5.25 Å². The minimum Gasteiger partial charge on any atom is -0.353 e. The van der Waals surface area contributed by atoms with Crippen LogP contribution in [0.3, 0.4) is 0 Å². The zero-order valence-corrected chi connectivity index (χ0v) is 14.2. The van der Waals surface area contributed by atoms with E-state index in [0.29, 0.717) is 25.0 Å². The van der Waals surface area contributed by atoms with E-state index in [9.17, 15) is 8.42 Å². The van der Waals surface area contributed by atoms with Crippen LogP contribution in [0.5, 0.6) is 0 Å². The second kappa shape index (κ2) is 6.50. The predicted octanol–water partition coefficient (Wildman–Crippen LogP) is 1.56. The van der Waals surface area contributed by atoms with Crippen LogP contribution in [0, 0.1) is 5.92 Å². The van der Waals surface area contributed by atoms with Crippen LogP contribution in [-0.4, -0.2) is 41.7 Å². The van der Waals surface area contributed by atoms with E-state index < -0.39 is 10.0 Å². The van der Waals surface area contributed by atoms with Crippen LogP contribution in [0.1, 0.15) is 32.9 Å². The molecule has 6 heteroatoms. The Labute approximate surface area is 128 Å². The summed E-state index contributed by atoms with van der Waals surface area (Å²) in [4.78, 5) is 0. The van der Waals surface area contributed by atoms with Gasteiger partial charge in [0, 0.05) is 44.6 Å². The number of nitrogens with one attached hydrogen (secondary N) is 1. The summed E-state index contributed by atoms with van der Waals surface area (Å²) >= 11 is 0. The molecule has 1 aliphatic rings. The van der Waals surface area contributed by atoms with Gasteiger partial charge in [0.2, 0.25) is 10.0 Å². The Morgan fingerprint density at radius 2 is 2.14 bits per heavy atom. The summed E-state index contributed by atoms with van der Waals surface area (Å²) in [6.45, 7) is 7.70. The largest absolute Gasteiger partial charge is 0.353 e. The smallest absolute Gasteiger partial charge is 0.216 e. The molecule has 0 radical (unpaired) electrons. The van der Waals surface area contributed by atoms with Crippen molar-refractivity contribution in [1.29, 1.82) is 0 Å². The molecule has 1 aromatic heterocycles. The van der Waals surface area contributed by atoms with Crippen molar-refractivity contribution in [2.24, 2.45) is 13.0 Å². The van der Waals surface area contributed by atoms with Crippen molar-refractivity contribution in [3.63, 3.8) is 0 Å². The summed E-state index contributed by atoms with van der Waals surface area (Å²) in [5, 5.41) is 3.24. The van der Waals surface area contributed by atoms with Crippen LogP contribution in [0.4, 0.5) is 0 Å². The third-order valence-corrected chi connectivity index (χ3v) is 6.66. The molecule has 2 heterocycles. The lowest BCUT2D eigenvalue weighted by atomic mass is 9.95. The fourth-order valence-corrected chi connectivity index (χ4v) is 4.25. The molecule has 0 saturated carbocycles. The third kappa shape index (κ3) is 3.67. The molecule has 1 aliphatic heterocycles. The maximum Gasteiger partial charge on any atom is 0.216 e. The summed E-state index contributed by atoms with van der Waals surface area (Å²) in [5.41, 5.74) is 1.25. The van der Waals surface area contributed by atoms with Gasteiger partial charge in [-0.05, 0) is 38.3 Å². The molecule has 5 nitrogen and oxygen atoms in total. The number of aromatic nitrogens is 1. The standard InChI is InChI=1S/C15H27N3O2S/c1-12(2)21(19,20)18-9-7-15(13(3)11-18)16-10-14-6-5-8-17(14)4/h5-6,8,12-13,15-16H,7,9-11H2,1-4H3/t13-,15+/m1/s1. The highest BCUT2D eigenvalue weighted by Crippen LogP contribution is 2.22. The van der Waals surface area contributed by atoms with E-state index in [4.69, 9.17) is 0 Å². The van der Waals surface area contributed by atoms with Gasteiger partial charge in [0.15, 0.2) is 0 Å². The van der Waals surface area contributed by atoms with Gasteiger partial charge in [0.05, 0.1) is 5.25 Å². The molecule has 1 fully saturated rings.